The van der Waals surface area contributed by atoms with E-state index in [4.69, 9.17) is 0 Å². The lowest BCUT2D eigenvalue weighted by Crippen LogP contribution is -2.32. The largest absolute Gasteiger partial charge is 0.416 e. The lowest BCUT2D eigenvalue weighted by Gasteiger charge is -2.18. The number of nitrogens with zero attached hydrogens (tertiary/aromatic N) is 1. The van der Waals surface area contributed by atoms with E-state index in [0.717, 1.165) is 17.7 Å². The molecule has 1 atom stereocenters. The Bertz CT molecular complexity index is 806. The van der Waals surface area contributed by atoms with E-state index in [1.807, 2.05) is 30.3 Å². The number of hydrogen-bond acceptors (Lipinski definition) is 2. The minimum absolute atomic E-state index is 0.0170. The topological polar surface area (TPSA) is 49.4 Å². The van der Waals surface area contributed by atoms with Crippen molar-refractivity contribution >= 4 is 17.5 Å². The van der Waals surface area contributed by atoms with Gasteiger partial charge in [-0.2, -0.15) is 13.2 Å². The number of hydrogen-bond donors (Lipinski definition) is 1. The minimum Gasteiger partial charge on any atom is -0.352 e. The molecule has 7 heteroatoms. The van der Waals surface area contributed by atoms with Gasteiger partial charge in [0.1, 0.15) is 0 Å². The summed E-state index contributed by atoms with van der Waals surface area (Å²) >= 11 is 0. The summed E-state index contributed by atoms with van der Waals surface area (Å²) in [6.45, 7) is 0.411. The third-order valence-electron chi connectivity index (χ3n) is 4.29. The van der Waals surface area contributed by atoms with E-state index in [2.05, 4.69) is 5.32 Å². The van der Waals surface area contributed by atoms with Gasteiger partial charge in [0.15, 0.2) is 0 Å². The van der Waals surface area contributed by atoms with E-state index in [1.165, 1.54) is 17.0 Å². The summed E-state index contributed by atoms with van der Waals surface area (Å²) in [7, 11) is 0. The molecule has 1 aliphatic heterocycles. The summed E-state index contributed by atoms with van der Waals surface area (Å²) in [5, 5.41) is 2.77. The molecule has 2 amide bonds. The number of amides is 2. The molecule has 3 rings (SSSR count). The molecule has 1 aliphatic rings. The second kappa shape index (κ2) is 7.19. The summed E-state index contributed by atoms with van der Waals surface area (Å²) < 4.78 is 38.6. The highest BCUT2D eigenvalue weighted by Crippen LogP contribution is 2.33. The van der Waals surface area contributed by atoms with Crippen molar-refractivity contribution in [3.05, 3.63) is 65.7 Å². The highest BCUT2D eigenvalue weighted by Gasteiger charge is 2.36. The fraction of sp³-hybridized carbons (Fsp3) is 0.263. The van der Waals surface area contributed by atoms with Gasteiger partial charge in [0.2, 0.25) is 11.8 Å². The van der Waals surface area contributed by atoms with Crippen molar-refractivity contribution in [1.82, 2.24) is 5.32 Å². The van der Waals surface area contributed by atoms with Gasteiger partial charge in [-0.1, -0.05) is 36.4 Å². The molecule has 136 valence electrons. The number of benzene rings is 2. The van der Waals surface area contributed by atoms with Gasteiger partial charge < -0.3 is 10.2 Å². The van der Waals surface area contributed by atoms with E-state index < -0.39 is 17.7 Å². The molecule has 0 aliphatic carbocycles. The Morgan fingerprint density at radius 1 is 1.12 bits per heavy atom. The van der Waals surface area contributed by atoms with E-state index in [9.17, 15) is 22.8 Å². The molecule has 0 aromatic heterocycles. The van der Waals surface area contributed by atoms with E-state index in [1.54, 1.807) is 0 Å². The molecule has 2 aromatic rings. The Labute approximate surface area is 148 Å². The molecule has 1 saturated heterocycles. The van der Waals surface area contributed by atoms with Crippen LogP contribution < -0.4 is 10.2 Å². The first kappa shape index (κ1) is 18.0. The Morgan fingerprint density at radius 3 is 2.54 bits per heavy atom. The van der Waals surface area contributed by atoms with E-state index in [-0.39, 0.29) is 30.5 Å². The maximum absolute atomic E-state index is 12.9. The summed E-state index contributed by atoms with van der Waals surface area (Å²) in [5.74, 6) is -1.22. The quantitative estimate of drug-likeness (QED) is 0.907. The summed E-state index contributed by atoms with van der Waals surface area (Å²) in [4.78, 5) is 25.7. The maximum atomic E-state index is 12.9. The number of nitrogens with one attached hydrogen (secondary N) is 1. The molecule has 2 aromatic carbocycles. The first-order valence-electron chi connectivity index (χ1n) is 8.14. The number of anilines is 1. The van der Waals surface area contributed by atoms with Crippen molar-refractivity contribution in [2.24, 2.45) is 5.92 Å². The number of carbonyl (C=O) groups is 2. The normalized spacial score (nSPS) is 17.4. The minimum atomic E-state index is -4.48. The first-order chi connectivity index (χ1) is 12.3. The van der Waals surface area contributed by atoms with Crippen LogP contribution in [0, 0.1) is 5.92 Å². The smallest absolute Gasteiger partial charge is 0.352 e. The molecule has 1 heterocycles. The molecule has 1 unspecified atom stereocenters. The fourth-order valence-electron chi connectivity index (χ4n) is 2.91. The average molecular weight is 362 g/mol. The molecule has 0 radical (unpaired) electrons. The zero-order chi connectivity index (χ0) is 18.7. The van der Waals surface area contributed by atoms with Gasteiger partial charge in [0.05, 0.1) is 11.5 Å². The van der Waals surface area contributed by atoms with E-state index in [0.29, 0.717) is 6.54 Å². The van der Waals surface area contributed by atoms with Crippen LogP contribution in [0.3, 0.4) is 0 Å². The molecule has 0 spiro atoms. The molecular formula is C19H17F3N2O2. The Balaban J connectivity index is 1.66. The predicted molar refractivity (Wildman–Crippen MR) is 90.2 cm³/mol. The standard InChI is InChI=1S/C19H17F3N2O2/c20-19(21,22)15-7-4-8-16(10-15)24-12-14(9-17(24)25)18(26)23-11-13-5-2-1-3-6-13/h1-8,10,14H,9,11-12H2,(H,23,26). The van der Waals surface area contributed by atoms with Gasteiger partial charge in [-0.25, -0.2) is 0 Å². The monoisotopic (exact) mass is 362 g/mol. The molecule has 0 saturated carbocycles. The fourth-order valence-corrected chi connectivity index (χ4v) is 2.91. The molecule has 0 bridgehead atoms. The zero-order valence-corrected chi connectivity index (χ0v) is 13.8. The second-order valence-corrected chi connectivity index (χ2v) is 6.16. The maximum Gasteiger partial charge on any atom is 0.416 e. The van der Waals surface area contributed by atoms with Crippen LogP contribution in [-0.2, 0) is 22.3 Å². The van der Waals surface area contributed by atoms with E-state index >= 15 is 0 Å². The van der Waals surface area contributed by atoms with Crippen LogP contribution in [0.5, 0.6) is 0 Å². The molecule has 4 nitrogen and oxygen atoms in total. The highest BCUT2D eigenvalue weighted by molar-refractivity contribution is 6.00. The van der Waals surface area contributed by atoms with Crippen molar-refractivity contribution in [1.29, 1.82) is 0 Å². The number of halogens is 3. The average Bonchev–Trinajstić information content (AvgIpc) is 3.02. The second-order valence-electron chi connectivity index (χ2n) is 6.16. The first-order valence-corrected chi connectivity index (χ1v) is 8.14. The zero-order valence-electron chi connectivity index (χ0n) is 13.8. The molecule has 1 N–H and O–H groups in total. The molecule has 1 fully saturated rings. The van der Waals surface area contributed by atoms with Gasteiger partial charge in [-0.3, -0.25) is 9.59 Å². The lowest BCUT2D eigenvalue weighted by atomic mass is 10.1. The van der Waals surface area contributed by atoms with Crippen LogP contribution in [0.2, 0.25) is 0 Å². The van der Waals surface area contributed by atoms with Crippen LogP contribution in [-0.4, -0.2) is 18.4 Å². The summed E-state index contributed by atoms with van der Waals surface area (Å²) in [5.41, 5.74) is 0.267. The van der Waals surface area contributed by atoms with Crippen LogP contribution in [0.4, 0.5) is 18.9 Å². The van der Waals surface area contributed by atoms with Crippen molar-refractivity contribution in [3.8, 4) is 0 Å². The van der Waals surface area contributed by atoms with Crippen molar-refractivity contribution in [3.63, 3.8) is 0 Å². The van der Waals surface area contributed by atoms with Gasteiger partial charge in [-0.15, -0.1) is 0 Å². The number of carbonyl (C=O) groups excluding carboxylic acids is 2. The van der Waals surface area contributed by atoms with Gasteiger partial charge in [-0.05, 0) is 23.8 Å². The van der Waals surface area contributed by atoms with Gasteiger partial charge >= 0.3 is 6.18 Å². The van der Waals surface area contributed by atoms with Crippen molar-refractivity contribution < 1.29 is 22.8 Å². The highest BCUT2D eigenvalue weighted by atomic mass is 19.4. The number of alkyl halides is 3. The third-order valence-corrected chi connectivity index (χ3v) is 4.29. The Morgan fingerprint density at radius 2 is 1.85 bits per heavy atom. The molecule has 26 heavy (non-hydrogen) atoms. The molecular weight excluding hydrogens is 345 g/mol. The van der Waals surface area contributed by atoms with Crippen LogP contribution in [0.1, 0.15) is 17.5 Å². The summed E-state index contributed by atoms with van der Waals surface area (Å²) in [6, 6.07) is 13.9. The predicted octanol–water partition coefficient (Wildman–Crippen LogP) is 3.37. The lowest BCUT2D eigenvalue weighted by molar-refractivity contribution is -0.137. The van der Waals surface area contributed by atoms with Crippen LogP contribution in [0.15, 0.2) is 54.6 Å². The SMILES string of the molecule is O=C(NCc1ccccc1)C1CC(=O)N(c2cccc(C(F)(F)F)c2)C1. The Kier molecular flexibility index (Phi) is 4.97. The van der Waals surface area contributed by atoms with Crippen LogP contribution >= 0.6 is 0 Å². The van der Waals surface area contributed by atoms with Crippen molar-refractivity contribution in [2.45, 2.75) is 19.1 Å². The van der Waals surface area contributed by atoms with Gasteiger partial charge in [0.25, 0.3) is 0 Å². The van der Waals surface area contributed by atoms with Gasteiger partial charge in [0, 0.05) is 25.2 Å². The van der Waals surface area contributed by atoms with Crippen LogP contribution in [0.25, 0.3) is 0 Å². The summed E-state index contributed by atoms with van der Waals surface area (Å²) in [6.07, 6.45) is -4.50. The number of rotatable bonds is 4. The van der Waals surface area contributed by atoms with Crippen molar-refractivity contribution in [2.75, 3.05) is 11.4 Å². The Hall–Kier alpha value is -2.83. The third kappa shape index (κ3) is 4.04.